The smallest absolute Gasteiger partial charge is 0.0765 e. The van der Waals surface area contributed by atoms with Gasteiger partial charge in [0.1, 0.15) is 0 Å². The molecule has 1 saturated carbocycles. The van der Waals surface area contributed by atoms with Gasteiger partial charge in [0.05, 0.1) is 12.6 Å². The zero-order valence-electron chi connectivity index (χ0n) is 10.9. The maximum atomic E-state index is 5.69. The van der Waals surface area contributed by atoms with Gasteiger partial charge in [-0.2, -0.15) is 0 Å². The molecular weight excluding hydrogens is 274 g/mol. The van der Waals surface area contributed by atoms with Gasteiger partial charge in [0, 0.05) is 22.9 Å². The minimum atomic E-state index is 0.324. The van der Waals surface area contributed by atoms with E-state index in [2.05, 4.69) is 40.3 Å². The van der Waals surface area contributed by atoms with E-state index in [1.165, 1.54) is 22.6 Å². The van der Waals surface area contributed by atoms with Gasteiger partial charge in [0.15, 0.2) is 0 Å². The topological polar surface area (TPSA) is 21.3 Å². The first-order valence-corrected chi connectivity index (χ1v) is 8.57. The molecule has 0 amide bonds. The Labute approximate surface area is 122 Å². The van der Waals surface area contributed by atoms with Gasteiger partial charge in [-0.15, -0.1) is 22.7 Å². The third kappa shape index (κ3) is 3.89. The highest BCUT2D eigenvalue weighted by molar-refractivity contribution is 7.11. The standard InChI is InChI=1S/C15H19NOS2/c1-3-13(18-9-1)15(14-4-2-10-19-14)16-7-8-17-11-12-5-6-12/h1-4,9-10,12,15-16H,5-8,11H2. The molecule has 0 bridgehead atoms. The molecule has 0 aromatic carbocycles. The maximum absolute atomic E-state index is 5.69. The lowest BCUT2D eigenvalue weighted by Gasteiger charge is -2.16. The summed E-state index contributed by atoms with van der Waals surface area (Å²) in [5, 5.41) is 7.89. The van der Waals surface area contributed by atoms with Crippen molar-refractivity contribution in [1.82, 2.24) is 5.32 Å². The third-order valence-electron chi connectivity index (χ3n) is 3.30. The second-order valence-electron chi connectivity index (χ2n) is 4.94. The number of thiophene rings is 2. The zero-order chi connectivity index (χ0) is 12.9. The fourth-order valence-electron chi connectivity index (χ4n) is 2.06. The molecule has 0 aliphatic heterocycles. The predicted octanol–water partition coefficient (Wildman–Crippen LogP) is 3.92. The Hall–Kier alpha value is -0.680. The average Bonchev–Trinajstić information content (AvgIpc) is 2.93. The van der Waals surface area contributed by atoms with Crippen LogP contribution in [0.3, 0.4) is 0 Å². The van der Waals surface area contributed by atoms with Crippen LogP contribution in [-0.4, -0.2) is 19.8 Å². The van der Waals surface area contributed by atoms with Gasteiger partial charge < -0.3 is 10.1 Å². The van der Waals surface area contributed by atoms with Gasteiger partial charge in [0.25, 0.3) is 0 Å². The van der Waals surface area contributed by atoms with E-state index < -0.39 is 0 Å². The van der Waals surface area contributed by atoms with Crippen LogP contribution in [0.25, 0.3) is 0 Å². The summed E-state index contributed by atoms with van der Waals surface area (Å²) < 4.78 is 5.69. The minimum absolute atomic E-state index is 0.324. The van der Waals surface area contributed by atoms with Crippen molar-refractivity contribution in [2.24, 2.45) is 5.92 Å². The van der Waals surface area contributed by atoms with Crippen molar-refractivity contribution in [2.75, 3.05) is 19.8 Å². The van der Waals surface area contributed by atoms with Crippen LogP contribution in [0, 0.1) is 5.92 Å². The van der Waals surface area contributed by atoms with Crippen LogP contribution >= 0.6 is 22.7 Å². The molecular formula is C15H19NOS2. The van der Waals surface area contributed by atoms with Crippen molar-refractivity contribution in [1.29, 1.82) is 0 Å². The minimum Gasteiger partial charge on any atom is -0.380 e. The van der Waals surface area contributed by atoms with Crippen LogP contribution < -0.4 is 5.32 Å². The van der Waals surface area contributed by atoms with E-state index >= 15 is 0 Å². The van der Waals surface area contributed by atoms with Crippen molar-refractivity contribution in [3.05, 3.63) is 44.8 Å². The third-order valence-corrected chi connectivity index (χ3v) is 5.18. The number of rotatable bonds is 8. The molecule has 0 radical (unpaired) electrons. The van der Waals surface area contributed by atoms with Crippen LogP contribution in [0.5, 0.6) is 0 Å². The number of hydrogen-bond donors (Lipinski definition) is 1. The summed E-state index contributed by atoms with van der Waals surface area (Å²) in [6.07, 6.45) is 2.72. The van der Waals surface area contributed by atoms with E-state index in [-0.39, 0.29) is 0 Å². The van der Waals surface area contributed by atoms with E-state index in [1.807, 2.05) is 22.7 Å². The molecule has 2 aromatic heterocycles. The molecule has 19 heavy (non-hydrogen) atoms. The number of nitrogens with one attached hydrogen (secondary N) is 1. The van der Waals surface area contributed by atoms with Crippen molar-refractivity contribution in [2.45, 2.75) is 18.9 Å². The van der Waals surface area contributed by atoms with Crippen LogP contribution in [0.15, 0.2) is 35.0 Å². The summed E-state index contributed by atoms with van der Waals surface area (Å²) in [5.74, 6) is 0.852. The van der Waals surface area contributed by atoms with Crippen molar-refractivity contribution < 1.29 is 4.74 Å². The first-order chi connectivity index (χ1) is 9.43. The summed E-state index contributed by atoms with van der Waals surface area (Å²) in [5.41, 5.74) is 0. The molecule has 3 rings (SSSR count). The van der Waals surface area contributed by atoms with Gasteiger partial charge in [-0.1, -0.05) is 12.1 Å². The van der Waals surface area contributed by atoms with Crippen molar-refractivity contribution in [3.8, 4) is 0 Å². The van der Waals surface area contributed by atoms with E-state index in [0.29, 0.717) is 6.04 Å². The Morgan fingerprint density at radius 1 is 1.16 bits per heavy atom. The second-order valence-corrected chi connectivity index (χ2v) is 6.89. The summed E-state index contributed by atoms with van der Waals surface area (Å²) >= 11 is 3.62. The molecule has 1 N–H and O–H groups in total. The lowest BCUT2D eigenvalue weighted by Crippen LogP contribution is -2.25. The van der Waals surface area contributed by atoms with Gasteiger partial charge in [0.2, 0.25) is 0 Å². The Morgan fingerprint density at radius 3 is 2.37 bits per heavy atom. The molecule has 2 nitrogen and oxygen atoms in total. The van der Waals surface area contributed by atoms with Crippen LogP contribution in [0.2, 0.25) is 0 Å². The van der Waals surface area contributed by atoms with E-state index in [4.69, 9.17) is 4.74 Å². The van der Waals surface area contributed by atoms with Crippen LogP contribution in [-0.2, 0) is 4.74 Å². The van der Waals surface area contributed by atoms with Gasteiger partial charge >= 0.3 is 0 Å². The van der Waals surface area contributed by atoms with Gasteiger partial charge in [-0.05, 0) is 41.7 Å². The van der Waals surface area contributed by atoms with Crippen LogP contribution in [0.4, 0.5) is 0 Å². The highest BCUT2D eigenvalue weighted by Gasteiger charge is 2.21. The highest BCUT2D eigenvalue weighted by Crippen LogP contribution is 2.29. The second kappa shape index (κ2) is 6.66. The summed E-state index contributed by atoms with van der Waals surface area (Å²) in [7, 11) is 0. The van der Waals surface area contributed by atoms with Crippen LogP contribution in [0.1, 0.15) is 28.6 Å². The van der Waals surface area contributed by atoms with Crippen molar-refractivity contribution in [3.63, 3.8) is 0 Å². The van der Waals surface area contributed by atoms with Gasteiger partial charge in [-0.3, -0.25) is 0 Å². The first kappa shape index (κ1) is 13.3. The Morgan fingerprint density at radius 2 is 1.84 bits per heavy atom. The molecule has 0 spiro atoms. The largest absolute Gasteiger partial charge is 0.380 e. The number of ether oxygens (including phenoxy) is 1. The quantitative estimate of drug-likeness (QED) is 0.745. The average molecular weight is 293 g/mol. The molecule has 102 valence electrons. The van der Waals surface area contributed by atoms with E-state index in [9.17, 15) is 0 Å². The predicted molar refractivity (Wildman–Crippen MR) is 82.0 cm³/mol. The zero-order valence-corrected chi connectivity index (χ0v) is 12.5. The van der Waals surface area contributed by atoms with E-state index in [1.54, 1.807) is 0 Å². The Balaban J connectivity index is 1.51. The summed E-state index contributed by atoms with van der Waals surface area (Å²) in [6.45, 7) is 2.67. The van der Waals surface area contributed by atoms with Gasteiger partial charge in [-0.25, -0.2) is 0 Å². The molecule has 1 fully saturated rings. The molecule has 0 unspecified atom stereocenters. The Kier molecular flexibility index (Phi) is 4.66. The fraction of sp³-hybridized carbons (Fsp3) is 0.467. The molecule has 2 aromatic rings. The lowest BCUT2D eigenvalue weighted by molar-refractivity contribution is 0.125. The lowest BCUT2D eigenvalue weighted by atomic mass is 10.2. The summed E-state index contributed by atoms with van der Waals surface area (Å²) in [4.78, 5) is 2.76. The molecule has 1 aliphatic carbocycles. The summed E-state index contributed by atoms with van der Waals surface area (Å²) in [6, 6.07) is 8.96. The molecule has 2 heterocycles. The molecule has 0 atom stereocenters. The SMILES string of the molecule is c1csc(C(NCCOCC2CC2)c2cccs2)c1. The molecule has 4 heteroatoms. The highest BCUT2D eigenvalue weighted by atomic mass is 32.1. The van der Waals surface area contributed by atoms with Crippen molar-refractivity contribution >= 4 is 22.7 Å². The monoisotopic (exact) mass is 293 g/mol. The number of hydrogen-bond acceptors (Lipinski definition) is 4. The maximum Gasteiger partial charge on any atom is 0.0765 e. The van der Waals surface area contributed by atoms with E-state index in [0.717, 1.165) is 25.7 Å². The first-order valence-electron chi connectivity index (χ1n) is 6.81. The fourth-order valence-corrected chi connectivity index (χ4v) is 3.77. The normalized spacial score (nSPS) is 15.2. The molecule has 1 aliphatic rings. The Bertz CT molecular complexity index is 428. The molecule has 0 saturated heterocycles.